The minimum atomic E-state index is -0.00620. The lowest BCUT2D eigenvalue weighted by Gasteiger charge is -2.31. The minimum Gasteiger partial charge on any atom is -0.376 e. The normalized spacial score (nSPS) is 25.8. The number of ether oxygens (including phenoxy) is 2. The van der Waals surface area contributed by atoms with E-state index in [1.54, 1.807) is 0 Å². The molecule has 1 aliphatic carbocycles. The summed E-state index contributed by atoms with van der Waals surface area (Å²) in [6, 6.07) is 8.78. The zero-order valence-electron chi connectivity index (χ0n) is 11.2. The molecule has 0 aromatic heterocycles. The van der Waals surface area contributed by atoms with Gasteiger partial charge >= 0.3 is 0 Å². The molecule has 3 N–H and O–H groups in total. The summed E-state index contributed by atoms with van der Waals surface area (Å²) < 4.78 is 11.2. The number of hydrogen-bond donors (Lipinski definition) is 2. The van der Waals surface area contributed by atoms with E-state index in [4.69, 9.17) is 15.3 Å². The highest BCUT2D eigenvalue weighted by Gasteiger charge is 2.26. The molecule has 0 spiro atoms. The Morgan fingerprint density at radius 3 is 2.47 bits per heavy atom. The van der Waals surface area contributed by atoms with E-state index in [1.165, 1.54) is 30.4 Å². The smallest absolute Gasteiger partial charge is 0.102 e. The fraction of sp³-hybridized carbons (Fsp3) is 0.600. The zero-order chi connectivity index (χ0) is 13.1. The van der Waals surface area contributed by atoms with Gasteiger partial charge in [-0.25, -0.2) is 0 Å². The molecule has 3 rings (SSSR count). The van der Waals surface area contributed by atoms with Gasteiger partial charge in [0.1, 0.15) is 6.10 Å². The molecule has 2 atom stereocenters. The fourth-order valence-corrected chi connectivity index (χ4v) is 2.83. The topological polar surface area (TPSA) is 56.5 Å². The van der Waals surface area contributed by atoms with Crippen molar-refractivity contribution in [3.8, 4) is 0 Å². The van der Waals surface area contributed by atoms with Gasteiger partial charge in [0.25, 0.3) is 0 Å². The molecule has 0 bridgehead atoms. The van der Waals surface area contributed by atoms with E-state index in [9.17, 15) is 0 Å². The Balaban J connectivity index is 1.71. The first-order valence-electron chi connectivity index (χ1n) is 7.14. The highest BCUT2D eigenvalue weighted by molar-refractivity contribution is 5.29. The molecule has 1 aliphatic heterocycles. The Morgan fingerprint density at radius 1 is 1.16 bits per heavy atom. The standard InChI is InChI=1S/C15H22N2O2/c16-17-15(14-10-18-8-9-19-14)13-6-4-12(5-7-13)11-2-1-3-11/h4-7,11,14-15,17H,1-3,8-10,16H2. The van der Waals surface area contributed by atoms with Gasteiger partial charge in [0, 0.05) is 0 Å². The second-order valence-electron chi connectivity index (χ2n) is 5.42. The molecule has 2 aliphatic rings. The Labute approximate surface area is 114 Å². The van der Waals surface area contributed by atoms with E-state index >= 15 is 0 Å². The average molecular weight is 262 g/mol. The summed E-state index contributed by atoms with van der Waals surface area (Å²) in [5, 5.41) is 0. The van der Waals surface area contributed by atoms with Crippen molar-refractivity contribution >= 4 is 0 Å². The molecular formula is C15H22N2O2. The van der Waals surface area contributed by atoms with Gasteiger partial charge in [0.2, 0.25) is 0 Å². The quantitative estimate of drug-likeness (QED) is 0.642. The fourth-order valence-electron chi connectivity index (χ4n) is 2.83. The molecule has 1 saturated heterocycles. The van der Waals surface area contributed by atoms with Crippen LogP contribution in [0.15, 0.2) is 24.3 Å². The Bertz CT molecular complexity index is 397. The third kappa shape index (κ3) is 2.82. The molecule has 2 fully saturated rings. The monoisotopic (exact) mass is 262 g/mol. The summed E-state index contributed by atoms with van der Waals surface area (Å²) in [6.07, 6.45) is 4.02. The van der Waals surface area contributed by atoms with Crippen molar-refractivity contribution in [2.75, 3.05) is 19.8 Å². The molecule has 2 unspecified atom stereocenters. The van der Waals surface area contributed by atoms with Crippen molar-refractivity contribution in [1.29, 1.82) is 0 Å². The minimum absolute atomic E-state index is 0.00394. The van der Waals surface area contributed by atoms with Gasteiger partial charge < -0.3 is 9.47 Å². The lowest BCUT2D eigenvalue weighted by atomic mass is 9.80. The summed E-state index contributed by atoms with van der Waals surface area (Å²) in [5.41, 5.74) is 5.48. The molecule has 4 nitrogen and oxygen atoms in total. The molecule has 0 amide bonds. The number of nitrogens with one attached hydrogen (secondary N) is 1. The molecule has 1 heterocycles. The second kappa shape index (κ2) is 6.01. The van der Waals surface area contributed by atoms with Crippen LogP contribution in [0, 0.1) is 0 Å². The highest BCUT2D eigenvalue weighted by atomic mass is 16.6. The maximum absolute atomic E-state index is 5.73. The summed E-state index contributed by atoms with van der Waals surface area (Å²) in [6.45, 7) is 1.91. The van der Waals surface area contributed by atoms with Gasteiger partial charge in [0.15, 0.2) is 0 Å². The van der Waals surface area contributed by atoms with Crippen LogP contribution in [-0.4, -0.2) is 25.9 Å². The molecule has 0 radical (unpaired) electrons. The van der Waals surface area contributed by atoms with E-state index in [0.29, 0.717) is 19.8 Å². The molecule has 19 heavy (non-hydrogen) atoms. The van der Waals surface area contributed by atoms with Crippen molar-refractivity contribution in [3.05, 3.63) is 35.4 Å². The van der Waals surface area contributed by atoms with Gasteiger partial charge in [-0.1, -0.05) is 30.7 Å². The Hall–Kier alpha value is -0.940. The molecule has 104 valence electrons. The van der Waals surface area contributed by atoms with Crippen LogP contribution in [0.3, 0.4) is 0 Å². The predicted molar refractivity (Wildman–Crippen MR) is 73.7 cm³/mol. The first kappa shape index (κ1) is 13.1. The molecule has 4 heteroatoms. The van der Waals surface area contributed by atoms with Crippen LogP contribution in [0.1, 0.15) is 42.3 Å². The maximum Gasteiger partial charge on any atom is 0.102 e. The zero-order valence-corrected chi connectivity index (χ0v) is 11.2. The number of hydrazine groups is 1. The molecule has 1 saturated carbocycles. The first-order valence-corrected chi connectivity index (χ1v) is 7.14. The Morgan fingerprint density at radius 2 is 1.95 bits per heavy atom. The highest BCUT2D eigenvalue weighted by Crippen LogP contribution is 2.36. The van der Waals surface area contributed by atoms with E-state index in [0.717, 1.165) is 5.92 Å². The van der Waals surface area contributed by atoms with E-state index in [-0.39, 0.29) is 12.1 Å². The molecular weight excluding hydrogens is 240 g/mol. The SMILES string of the molecule is NNC(c1ccc(C2CCC2)cc1)C1COCCO1. The predicted octanol–water partition coefficient (Wildman–Crippen LogP) is 1.87. The molecule has 1 aromatic carbocycles. The van der Waals surface area contributed by atoms with Crippen LogP contribution >= 0.6 is 0 Å². The van der Waals surface area contributed by atoms with Crippen molar-refractivity contribution in [2.45, 2.75) is 37.3 Å². The van der Waals surface area contributed by atoms with Crippen molar-refractivity contribution in [2.24, 2.45) is 5.84 Å². The van der Waals surface area contributed by atoms with E-state index in [1.807, 2.05) is 0 Å². The molecule has 1 aromatic rings. The van der Waals surface area contributed by atoms with Crippen LogP contribution in [0.25, 0.3) is 0 Å². The lowest BCUT2D eigenvalue weighted by molar-refractivity contribution is -0.102. The van der Waals surface area contributed by atoms with Crippen LogP contribution in [0.4, 0.5) is 0 Å². The van der Waals surface area contributed by atoms with Gasteiger partial charge in [-0.2, -0.15) is 0 Å². The number of hydrogen-bond acceptors (Lipinski definition) is 4. The van der Waals surface area contributed by atoms with Crippen molar-refractivity contribution in [3.63, 3.8) is 0 Å². The summed E-state index contributed by atoms with van der Waals surface area (Å²) in [4.78, 5) is 0. The van der Waals surface area contributed by atoms with Gasteiger partial charge in [0.05, 0.1) is 25.9 Å². The lowest BCUT2D eigenvalue weighted by Crippen LogP contribution is -2.43. The van der Waals surface area contributed by atoms with Crippen LogP contribution in [0.5, 0.6) is 0 Å². The third-order valence-electron chi connectivity index (χ3n) is 4.27. The number of nitrogens with two attached hydrogens (primary N) is 1. The third-order valence-corrected chi connectivity index (χ3v) is 4.27. The van der Waals surface area contributed by atoms with Crippen LogP contribution in [-0.2, 0) is 9.47 Å². The average Bonchev–Trinajstić information content (AvgIpc) is 2.41. The van der Waals surface area contributed by atoms with Crippen molar-refractivity contribution < 1.29 is 9.47 Å². The maximum atomic E-state index is 5.73. The first-order chi connectivity index (χ1) is 9.38. The van der Waals surface area contributed by atoms with Crippen LogP contribution in [0.2, 0.25) is 0 Å². The van der Waals surface area contributed by atoms with E-state index in [2.05, 4.69) is 29.7 Å². The number of rotatable bonds is 4. The largest absolute Gasteiger partial charge is 0.376 e. The van der Waals surface area contributed by atoms with E-state index < -0.39 is 0 Å². The number of benzene rings is 1. The van der Waals surface area contributed by atoms with Gasteiger partial charge in [-0.3, -0.25) is 11.3 Å². The summed E-state index contributed by atoms with van der Waals surface area (Å²) in [5.74, 6) is 6.46. The van der Waals surface area contributed by atoms with Gasteiger partial charge in [-0.15, -0.1) is 0 Å². The summed E-state index contributed by atoms with van der Waals surface area (Å²) in [7, 11) is 0. The second-order valence-corrected chi connectivity index (χ2v) is 5.42. The van der Waals surface area contributed by atoms with Crippen molar-refractivity contribution in [1.82, 2.24) is 5.43 Å². The summed E-state index contributed by atoms with van der Waals surface area (Å²) >= 11 is 0. The Kier molecular flexibility index (Phi) is 4.13. The van der Waals surface area contributed by atoms with Gasteiger partial charge in [-0.05, 0) is 29.9 Å². The van der Waals surface area contributed by atoms with Crippen LogP contribution < -0.4 is 11.3 Å².